The van der Waals surface area contributed by atoms with Gasteiger partial charge in [-0.2, -0.15) is 15.0 Å². The van der Waals surface area contributed by atoms with Gasteiger partial charge in [0, 0.05) is 31.6 Å². The summed E-state index contributed by atoms with van der Waals surface area (Å²) in [5.74, 6) is -0.0600. The standard InChI is InChI=1S/C21H27N5O3/c1-20(2,3)29-19(28)25-13-12-24(14-21(15-25)8-9-21)18(27)16-6-4-5-7-17(16)26-22-10-11-23-26/h4-7,10-11H,8-9,12-15H2,1-3H3. The van der Waals surface area contributed by atoms with Gasteiger partial charge >= 0.3 is 6.09 Å². The molecule has 8 heteroatoms. The molecule has 2 heterocycles. The molecule has 0 atom stereocenters. The fraction of sp³-hybridized carbons (Fsp3) is 0.524. The Hall–Kier alpha value is -2.90. The molecule has 1 aliphatic carbocycles. The number of aromatic nitrogens is 3. The maximum Gasteiger partial charge on any atom is 0.410 e. The molecule has 0 N–H and O–H groups in total. The van der Waals surface area contributed by atoms with Gasteiger partial charge in [0.05, 0.1) is 23.6 Å². The average Bonchev–Trinajstić information content (AvgIpc) is 3.27. The van der Waals surface area contributed by atoms with Crippen LogP contribution in [0.25, 0.3) is 5.69 Å². The van der Waals surface area contributed by atoms with Gasteiger partial charge in [0.2, 0.25) is 0 Å². The highest BCUT2D eigenvalue weighted by Crippen LogP contribution is 2.48. The van der Waals surface area contributed by atoms with E-state index in [9.17, 15) is 9.59 Å². The third-order valence-electron chi connectivity index (χ3n) is 5.36. The maximum absolute atomic E-state index is 13.4. The number of para-hydroxylation sites is 1. The second-order valence-corrected chi connectivity index (χ2v) is 8.96. The Bertz CT molecular complexity index is 899. The van der Waals surface area contributed by atoms with Gasteiger partial charge in [0.25, 0.3) is 5.91 Å². The molecule has 2 amide bonds. The van der Waals surface area contributed by atoms with E-state index in [1.165, 1.54) is 4.80 Å². The highest BCUT2D eigenvalue weighted by Gasteiger charge is 2.49. The molecule has 1 aliphatic heterocycles. The minimum Gasteiger partial charge on any atom is -0.444 e. The minimum atomic E-state index is -0.536. The summed E-state index contributed by atoms with van der Waals surface area (Å²) in [7, 11) is 0. The summed E-state index contributed by atoms with van der Waals surface area (Å²) in [6.07, 6.45) is 4.90. The molecule has 2 aliphatic rings. The number of benzene rings is 1. The van der Waals surface area contributed by atoms with Gasteiger partial charge in [0.15, 0.2) is 0 Å². The van der Waals surface area contributed by atoms with E-state index in [1.807, 2.05) is 43.9 Å². The van der Waals surface area contributed by atoms with E-state index < -0.39 is 5.60 Å². The van der Waals surface area contributed by atoms with Crippen LogP contribution >= 0.6 is 0 Å². The molecule has 0 bridgehead atoms. The van der Waals surface area contributed by atoms with Gasteiger partial charge in [-0.25, -0.2) is 4.79 Å². The zero-order valence-corrected chi connectivity index (χ0v) is 17.2. The van der Waals surface area contributed by atoms with Gasteiger partial charge in [-0.15, -0.1) is 0 Å². The molecule has 2 fully saturated rings. The number of rotatable bonds is 2. The van der Waals surface area contributed by atoms with Gasteiger partial charge in [-0.3, -0.25) is 4.79 Å². The first kappa shape index (κ1) is 19.4. The normalized spacial score (nSPS) is 18.4. The van der Waals surface area contributed by atoms with Gasteiger partial charge in [-0.1, -0.05) is 12.1 Å². The van der Waals surface area contributed by atoms with Crippen LogP contribution in [0.3, 0.4) is 0 Å². The van der Waals surface area contributed by atoms with Gasteiger partial charge in [-0.05, 0) is 45.7 Å². The molecule has 1 spiro atoms. The first-order chi connectivity index (χ1) is 13.8. The zero-order valence-electron chi connectivity index (χ0n) is 17.2. The van der Waals surface area contributed by atoms with Crippen molar-refractivity contribution in [3.8, 4) is 5.69 Å². The summed E-state index contributed by atoms with van der Waals surface area (Å²) in [5, 5.41) is 8.34. The van der Waals surface area contributed by atoms with Crippen LogP contribution in [0, 0.1) is 5.41 Å². The number of ether oxygens (including phenoxy) is 1. The molecule has 1 saturated heterocycles. The number of hydrogen-bond donors (Lipinski definition) is 0. The molecule has 1 aromatic carbocycles. The lowest BCUT2D eigenvalue weighted by Crippen LogP contribution is -2.40. The quantitative estimate of drug-likeness (QED) is 0.778. The van der Waals surface area contributed by atoms with E-state index in [0.717, 1.165) is 12.8 Å². The van der Waals surface area contributed by atoms with E-state index in [0.29, 0.717) is 37.4 Å². The van der Waals surface area contributed by atoms with Crippen LogP contribution in [0.5, 0.6) is 0 Å². The first-order valence-corrected chi connectivity index (χ1v) is 9.99. The highest BCUT2D eigenvalue weighted by molar-refractivity contribution is 5.97. The SMILES string of the molecule is CC(C)(C)OC(=O)N1CCN(C(=O)c2ccccc2-n2nccn2)CC2(CC2)C1. The van der Waals surface area contributed by atoms with Crippen LogP contribution in [0.2, 0.25) is 0 Å². The summed E-state index contributed by atoms with van der Waals surface area (Å²) < 4.78 is 5.57. The van der Waals surface area contributed by atoms with Crippen LogP contribution in [0.15, 0.2) is 36.7 Å². The Morgan fingerprint density at radius 3 is 2.28 bits per heavy atom. The van der Waals surface area contributed by atoms with Crippen LogP contribution in [0.4, 0.5) is 4.79 Å². The second kappa shape index (κ2) is 7.17. The van der Waals surface area contributed by atoms with Crippen LogP contribution < -0.4 is 0 Å². The number of hydrogen-bond acceptors (Lipinski definition) is 5. The Balaban J connectivity index is 1.55. The van der Waals surface area contributed by atoms with Crippen molar-refractivity contribution in [2.24, 2.45) is 5.41 Å². The van der Waals surface area contributed by atoms with Crippen LogP contribution in [0.1, 0.15) is 44.0 Å². The fourth-order valence-corrected chi connectivity index (χ4v) is 3.75. The summed E-state index contributed by atoms with van der Waals surface area (Å²) in [6.45, 7) is 7.81. The predicted molar refractivity (Wildman–Crippen MR) is 107 cm³/mol. The van der Waals surface area contributed by atoms with Crippen molar-refractivity contribution in [3.63, 3.8) is 0 Å². The van der Waals surface area contributed by atoms with Crippen molar-refractivity contribution >= 4 is 12.0 Å². The van der Waals surface area contributed by atoms with Crippen molar-refractivity contribution < 1.29 is 14.3 Å². The van der Waals surface area contributed by atoms with Crippen LogP contribution in [-0.2, 0) is 4.74 Å². The number of carbonyl (C=O) groups is 2. The van der Waals surface area contributed by atoms with Gasteiger partial charge in [0.1, 0.15) is 5.60 Å². The number of nitrogens with zero attached hydrogens (tertiary/aromatic N) is 5. The Labute approximate surface area is 170 Å². The lowest BCUT2D eigenvalue weighted by atomic mass is 10.1. The van der Waals surface area contributed by atoms with E-state index in [2.05, 4.69) is 10.2 Å². The van der Waals surface area contributed by atoms with Crippen molar-refractivity contribution in [2.45, 2.75) is 39.2 Å². The average molecular weight is 397 g/mol. The summed E-state index contributed by atoms with van der Waals surface area (Å²) >= 11 is 0. The summed E-state index contributed by atoms with van der Waals surface area (Å²) in [6, 6.07) is 7.35. The van der Waals surface area contributed by atoms with Crippen molar-refractivity contribution in [1.29, 1.82) is 0 Å². The zero-order chi connectivity index (χ0) is 20.6. The molecular formula is C21H27N5O3. The number of amides is 2. The topological polar surface area (TPSA) is 80.6 Å². The summed E-state index contributed by atoms with van der Waals surface area (Å²) in [5.41, 5.74) is 0.651. The Kier molecular flexibility index (Phi) is 4.80. The molecule has 2 aromatic rings. The Morgan fingerprint density at radius 2 is 1.62 bits per heavy atom. The third-order valence-corrected chi connectivity index (χ3v) is 5.36. The molecule has 154 valence electrons. The van der Waals surface area contributed by atoms with E-state index in [4.69, 9.17) is 4.74 Å². The first-order valence-electron chi connectivity index (χ1n) is 9.99. The lowest BCUT2D eigenvalue weighted by molar-refractivity contribution is 0.0232. The highest BCUT2D eigenvalue weighted by atomic mass is 16.6. The van der Waals surface area contributed by atoms with Gasteiger partial charge < -0.3 is 14.5 Å². The molecule has 0 radical (unpaired) electrons. The minimum absolute atomic E-state index is 0.0258. The van der Waals surface area contributed by atoms with E-state index in [1.54, 1.807) is 23.4 Å². The van der Waals surface area contributed by atoms with Crippen LogP contribution in [-0.4, -0.2) is 68.6 Å². The molecule has 4 rings (SSSR count). The van der Waals surface area contributed by atoms with Crippen molar-refractivity contribution in [1.82, 2.24) is 24.8 Å². The summed E-state index contributed by atoms with van der Waals surface area (Å²) in [4.78, 5) is 31.1. The van der Waals surface area contributed by atoms with Crippen molar-refractivity contribution in [3.05, 3.63) is 42.2 Å². The largest absolute Gasteiger partial charge is 0.444 e. The maximum atomic E-state index is 13.4. The predicted octanol–water partition coefficient (Wildman–Crippen LogP) is 2.74. The van der Waals surface area contributed by atoms with E-state index >= 15 is 0 Å². The molecular weight excluding hydrogens is 370 g/mol. The molecule has 0 unspecified atom stereocenters. The smallest absolute Gasteiger partial charge is 0.410 e. The van der Waals surface area contributed by atoms with E-state index in [-0.39, 0.29) is 17.4 Å². The van der Waals surface area contributed by atoms with Crippen molar-refractivity contribution in [2.75, 3.05) is 26.2 Å². The molecule has 1 saturated carbocycles. The molecule has 29 heavy (non-hydrogen) atoms. The monoisotopic (exact) mass is 397 g/mol. The Morgan fingerprint density at radius 1 is 1.00 bits per heavy atom. The number of carbonyl (C=O) groups excluding carboxylic acids is 2. The molecule has 8 nitrogen and oxygen atoms in total. The lowest BCUT2D eigenvalue weighted by Gasteiger charge is -2.27. The third kappa shape index (κ3) is 4.26. The second-order valence-electron chi connectivity index (χ2n) is 8.96. The fourth-order valence-electron chi connectivity index (χ4n) is 3.75. The molecule has 1 aromatic heterocycles.